The first-order chi connectivity index (χ1) is 12.1. The number of rotatable bonds is 5. The Morgan fingerprint density at radius 1 is 1.16 bits per heavy atom. The average Bonchev–Trinajstić information content (AvgIpc) is 3.07. The maximum atomic E-state index is 13.5. The molecule has 0 aliphatic heterocycles. The van der Waals surface area contributed by atoms with E-state index in [2.05, 4.69) is 10.4 Å². The third kappa shape index (κ3) is 3.76. The zero-order valence-electron chi connectivity index (χ0n) is 14.2. The molecule has 1 atom stereocenters. The Kier molecular flexibility index (Phi) is 4.93. The minimum absolute atomic E-state index is 0.127. The number of hydrogen-bond acceptors (Lipinski definition) is 2. The number of aromatic nitrogens is 2. The van der Waals surface area contributed by atoms with E-state index in [-0.39, 0.29) is 17.8 Å². The minimum atomic E-state index is -0.315. The van der Waals surface area contributed by atoms with Crippen molar-refractivity contribution in [2.75, 3.05) is 0 Å². The number of halogens is 1. The molecule has 0 unspecified atom stereocenters. The number of aryl methyl sites for hydroxylation is 1. The second-order valence-electron chi connectivity index (χ2n) is 5.85. The Hall–Kier alpha value is -2.95. The summed E-state index contributed by atoms with van der Waals surface area (Å²) in [5.41, 5.74) is 2.77. The van der Waals surface area contributed by atoms with Crippen LogP contribution < -0.4 is 5.32 Å². The van der Waals surface area contributed by atoms with Crippen LogP contribution in [-0.4, -0.2) is 15.7 Å². The van der Waals surface area contributed by atoms with Gasteiger partial charge in [-0.15, -0.1) is 0 Å². The van der Waals surface area contributed by atoms with Gasteiger partial charge in [-0.3, -0.25) is 9.48 Å². The van der Waals surface area contributed by atoms with E-state index >= 15 is 0 Å². The molecule has 0 radical (unpaired) electrons. The van der Waals surface area contributed by atoms with Crippen molar-refractivity contribution in [3.8, 4) is 11.3 Å². The van der Waals surface area contributed by atoms with Crippen LogP contribution in [0.3, 0.4) is 0 Å². The molecule has 3 aromatic rings. The van der Waals surface area contributed by atoms with Crippen molar-refractivity contribution in [3.05, 3.63) is 77.7 Å². The fourth-order valence-electron chi connectivity index (χ4n) is 2.74. The fourth-order valence-corrected chi connectivity index (χ4v) is 2.74. The lowest BCUT2D eigenvalue weighted by Crippen LogP contribution is -2.27. The van der Waals surface area contributed by atoms with E-state index in [0.717, 1.165) is 11.3 Å². The van der Waals surface area contributed by atoms with E-state index < -0.39 is 0 Å². The Morgan fingerprint density at radius 3 is 2.60 bits per heavy atom. The van der Waals surface area contributed by atoms with Crippen molar-refractivity contribution in [1.82, 2.24) is 15.1 Å². The van der Waals surface area contributed by atoms with Gasteiger partial charge >= 0.3 is 0 Å². The number of benzene rings is 2. The highest BCUT2D eigenvalue weighted by Gasteiger charge is 2.17. The van der Waals surface area contributed by atoms with Crippen molar-refractivity contribution < 1.29 is 9.18 Å². The van der Waals surface area contributed by atoms with E-state index in [0.29, 0.717) is 17.8 Å². The van der Waals surface area contributed by atoms with E-state index in [4.69, 9.17) is 0 Å². The fraction of sp³-hybridized carbons (Fsp3) is 0.200. The summed E-state index contributed by atoms with van der Waals surface area (Å²) < 4.78 is 15.2. The number of nitrogens with zero attached hydrogens (tertiary/aromatic N) is 2. The first-order valence-corrected chi connectivity index (χ1v) is 8.28. The SMILES string of the molecule is CCn1nc(C(=O)N[C@H](C)c2ccccc2)cc1-c1cccc(F)c1. The lowest BCUT2D eigenvalue weighted by atomic mass is 10.1. The summed E-state index contributed by atoms with van der Waals surface area (Å²) in [5.74, 6) is -0.564. The standard InChI is InChI=1S/C20H20FN3O/c1-3-24-19(16-10-7-11-17(21)12-16)13-18(23-24)20(25)22-14(2)15-8-5-4-6-9-15/h4-14H,3H2,1-2H3,(H,22,25)/t14-/m1/s1. The highest BCUT2D eigenvalue weighted by Crippen LogP contribution is 2.22. The molecule has 0 aliphatic rings. The molecule has 1 amide bonds. The van der Waals surface area contributed by atoms with Crippen LogP contribution in [0, 0.1) is 5.82 Å². The summed E-state index contributed by atoms with van der Waals surface area (Å²) in [6.45, 7) is 4.45. The number of amides is 1. The topological polar surface area (TPSA) is 46.9 Å². The summed E-state index contributed by atoms with van der Waals surface area (Å²) in [7, 11) is 0. The van der Waals surface area contributed by atoms with Gasteiger partial charge in [0.05, 0.1) is 11.7 Å². The second-order valence-corrected chi connectivity index (χ2v) is 5.85. The Balaban J connectivity index is 1.84. The van der Waals surface area contributed by atoms with Gasteiger partial charge in [-0.05, 0) is 37.6 Å². The van der Waals surface area contributed by atoms with Crippen molar-refractivity contribution in [1.29, 1.82) is 0 Å². The number of nitrogens with one attached hydrogen (secondary N) is 1. The summed E-state index contributed by atoms with van der Waals surface area (Å²) in [6.07, 6.45) is 0. The first kappa shape index (κ1) is 16.9. The average molecular weight is 337 g/mol. The van der Waals surface area contributed by atoms with Crippen LogP contribution in [0.4, 0.5) is 4.39 Å². The van der Waals surface area contributed by atoms with Crippen LogP contribution in [0.15, 0.2) is 60.7 Å². The minimum Gasteiger partial charge on any atom is -0.344 e. The second kappa shape index (κ2) is 7.30. The summed E-state index contributed by atoms with van der Waals surface area (Å²) in [6, 6.07) is 17.6. The largest absolute Gasteiger partial charge is 0.344 e. The van der Waals surface area contributed by atoms with Gasteiger partial charge in [-0.25, -0.2) is 4.39 Å². The van der Waals surface area contributed by atoms with Gasteiger partial charge in [0, 0.05) is 12.1 Å². The molecule has 2 aromatic carbocycles. The normalized spacial score (nSPS) is 12.0. The van der Waals surface area contributed by atoms with E-state index in [1.165, 1.54) is 12.1 Å². The molecule has 25 heavy (non-hydrogen) atoms. The van der Waals surface area contributed by atoms with Crippen LogP contribution in [0.2, 0.25) is 0 Å². The molecule has 0 saturated heterocycles. The van der Waals surface area contributed by atoms with Crippen LogP contribution in [0.1, 0.15) is 35.9 Å². The third-order valence-electron chi connectivity index (χ3n) is 4.08. The molecule has 3 rings (SSSR count). The molecule has 0 spiro atoms. The maximum Gasteiger partial charge on any atom is 0.272 e. The molecule has 1 N–H and O–H groups in total. The molecule has 128 valence electrons. The van der Waals surface area contributed by atoms with Crippen LogP contribution in [0.5, 0.6) is 0 Å². The van der Waals surface area contributed by atoms with Crippen LogP contribution in [0.25, 0.3) is 11.3 Å². The summed E-state index contributed by atoms with van der Waals surface area (Å²) in [4.78, 5) is 12.5. The molecule has 0 fully saturated rings. The van der Waals surface area contributed by atoms with E-state index in [1.54, 1.807) is 22.9 Å². The van der Waals surface area contributed by atoms with Gasteiger partial charge < -0.3 is 5.32 Å². The Bertz CT molecular complexity index is 874. The monoisotopic (exact) mass is 337 g/mol. The highest BCUT2D eigenvalue weighted by atomic mass is 19.1. The van der Waals surface area contributed by atoms with E-state index in [9.17, 15) is 9.18 Å². The smallest absolute Gasteiger partial charge is 0.272 e. The van der Waals surface area contributed by atoms with Gasteiger partial charge in [-0.2, -0.15) is 5.10 Å². The maximum absolute atomic E-state index is 13.5. The number of hydrogen-bond donors (Lipinski definition) is 1. The first-order valence-electron chi connectivity index (χ1n) is 8.28. The predicted molar refractivity (Wildman–Crippen MR) is 95.6 cm³/mol. The Morgan fingerprint density at radius 2 is 1.92 bits per heavy atom. The molecule has 0 saturated carbocycles. The molecule has 1 heterocycles. The third-order valence-corrected chi connectivity index (χ3v) is 4.08. The number of carbonyl (C=O) groups is 1. The van der Waals surface area contributed by atoms with Gasteiger partial charge in [-0.1, -0.05) is 42.5 Å². The molecule has 0 bridgehead atoms. The molecule has 0 aliphatic carbocycles. The highest BCUT2D eigenvalue weighted by molar-refractivity contribution is 5.93. The van der Waals surface area contributed by atoms with Crippen LogP contribution >= 0.6 is 0 Å². The zero-order chi connectivity index (χ0) is 17.8. The van der Waals surface area contributed by atoms with Gasteiger partial charge in [0.15, 0.2) is 5.69 Å². The predicted octanol–water partition coefficient (Wildman–Crippen LogP) is 4.20. The summed E-state index contributed by atoms with van der Waals surface area (Å²) in [5, 5.41) is 7.31. The van der Waals surface area contributed by atoms with Crippen LogP contribution in [-0.2, 0) is 6.54 Å². The molecule has 4 nitrogen and oxygen atoms in total. The molecule has 1 aromatic heterocycles. The molecular formula is C20H20FN3O. The van der Waals surface area contributed by atoms with Crippen molar-refractivity contribution >= 4 is 5.91 Å². The summed E-state index contributed by atoms with van der Waals surface area (Å²) >= 11 is 0. The van der Waals surface area contributed by atoms with Crippen molar-refractivity contribution in [2.24, 2.45) is 0 Å². The van der Waals surface area contributed by atoms with Crippen molar-refractivity contribution in [2.45, 2.75) is 26.4 Å². The zero-order valence-corrected chi connectivity index (χ0v) is 14.2. The molecule has 5 heteroatoms. The van der Waals surface area contributed by atoms with Gasteiger partial charge in [0.2, 0.25) is 0 Å². The van der Waals surface area contributed by atoms with Gasteiger partial charge in [0.1, 0.15) is 5.82 Å². The lowest BCUT2D eigenvalue weighted by Gasteiger charge is -2.13. The molecular weight excluding hydrogens is 317 g/mol. The number of carbonyl (C=O) groups excluding carboxylic acids is 1. The van der Waals surface area contributed by atoms with Gasteiger partial charge in [0.25, 0.3) is 5.91 Å². The lowest BCUT2D eigenvalue weighted by molar-refractivity contribution is 0.0934. The van der Waals surface area contributed by atoms with Crippen molar-refractivity contribution in [3.63, 3.8) is 0 Å². The Labute approximate surface area is 146 Å². The quantitative estimate of drug-likeness (QED) is 0.758. The van der Waals surface area contributed by atoms with E-state index in [1.807, 2.05) is 44.2 Å².